The number of esters is 1. The topological polar surface area (TPSA) is 313 Å². The maximum absolute atomic E-state index is 13.4. The van der Waals surface area contributed by atoms with E-state index in [1.807, 2.05) is 0 Å². The number of carbonyl (C=O) groups excluding carboxylic acids is 1. The number of hydrogen-bond acceptors (Lipinski definition) is 20. The molecule has 0 amide bonds. The fourth-order valence-corrected chi connectivity index (χ4v) is 6.29. The van der Waals surface area contributed by atoms with Crippen molar-refractivity contribution < 1.29 is 98.9 Å². The summed E-state index contributed by atoms with van der Waals surface area (Å²) < 4.78 is 45.5. The highest BCUT2D eigenvalue weighted by Gasteiger charge is 2.53. The van der Waals surface area contributed by atoms with E-state index in [4.69, 9.17) is 37.9 Å². The molecule has 2 aromatic rings. The SMILES string of the molecule is COc1cc(/C=C\C(=O)O[C@H]2[C@H](O[C@@H]3O[C@@H](C)[C@H](O)[C@@H](O)[C@H]3O)[C@@H](O)[C@H](OCCc3ccc(O)c(O)c3)O[C@@H]2CO[C@@H]2O[C@H](CO)[C@@H](O)[C@H](O)[C@H]2O)ccc1O. The number of carbonyl (C=O) groups is 1. The van der Waals surface area contributed by atoms with Gasteiger partial charge in [0.05, 0.1) is 33.0 Å². The molecule has 0 aromatic heterocycles. The molecule has 2 aromatic carbocycles. The molecule has 3 aliphatic heterocycles. The molecule has 5 rings (SSSR count). The van der Waals surface area contributed by atoms with Crippen molar-refractivity contribution in [3.8, 4) is 23.0 Å². The average Bonchev–Trinajstić information content (AvgIpc) is 3.18. The summed E-state index contributed by atoms with van der Waals surface area (Å²) in [6.45, 7) is -0.207. The van der Waals surface area contributed by atoms with Crippen molar-refractivity contribution in [2.24, 2.45) is 0 Å². The van der Waals surface area contributed by atoms with E-state index in [9.17, 15) is 61.0 Å². The average molecular weight is 801 g/mol. The highest BCUT2D eigenvalue weighted by molar-refractivity contribution is 5.87. The molecule has 0 saturated carbocycles. The summed E-state index contributed by atoms with van der Waals surface area (Å²) in [6, 6.07) is 8.31. The van der Waals surface area contributed by atoms with Crippen molar-refractivity contribution in [1.82, 2.24) is 0 Å². The van der Waals surface area contributed by atoms with Crippen molar-refractivity contribution in [1.29, 1.82) is 0 Å². The van der Waals surface area contributed by atoms with E-state index in [0.717, 1.165) is 6.08 Å². The van der Waals surface area contributed by atoms with Gasteiger partial charge < -0.3 is 94.1 Å². The lowest BCUT2D eigenvalue weighted by atomic mass is 9.96. The fraction of sp³-hybridized carbons (Fsp3) is 0.583. The molecule has 11 N–H and O–H groups in total. The van der Waals surface area contributed by atoms with Crippen molar-refractivity contribution in [3.05, 3.63) is 53.6 Å². The number of methoxy groups -OCH3 is 1. The first-order chi connectivity index (χ1) is 26.6. The standard InChI is InChI=1S/C36H48O20/c1-15-25(42)27(44)30(47)36(52-15)56-33-31(48)35(50-10-9-17-3-6-18(38)20(40)11-17)54-23(14-51-34-29(46)28(45)26(43)22(13-37)53-34)32(33)55-24(41)8-5-16-4-7-19(39)21(12-16)49-2/h3-8,11-12,15,22-23,25-40,42-48H,9-10,13-14H2,1-2H3/b8-5-/t15-,22+,23+,25-,26+,27+,28-,29+,30+,31+,32+,33+,34+,35+,36-/m0/s1. The molecule has 0 aliphatic carbocycles. The van der Waals surface area contributed by atoms with Gasteiger partial charge in [-0.05, 0) is 54.8 Å². The van der Waals surface area contributed by atoms with Gasteiger partial charge in [0.25, 0.3) is 0 Å². The summed E-state index contributed by atoms with van der Waals surface area (Å²) in [5, 5.41) is 113. The van der Waals surface area contributed by atoms with Crippen LogP contribution in [0.3, 0.4) is 0 Å². The van der Waals surface area contributed by atoms with Crippen molar-refractivity contribution in [2.45, 2.75) is 105 Å². The van der Waals surface area contributed by atoms with Gasteiger partial charge in [-0.25, -0.2) is 4.79 Å². The monoisotopic (exact) mass is 800 g/mol. The summed E-state index contributed by atoms with van der Waals surface area (Å²) in [5.74, 6) is -1.81. The Labute approximate surface area is 319 Å². The van der Waals surface area contributed by atoms with Gasteiger partial charge in [-0.15, -0.1) is 0 Å². The van der Waals surface area contributed by atoms with Crippen LogP contribution in [-0.2, 0) is 44.4 Å². The van der Waals surface area contributed by atoms with Gasteiger partial charge in [-0.2, -0.15) is 0 Å². The Morgan fingerprint density at radius 3 is 2.07 bits per heavy atom. The Kier molecular flexibility index (Phi) is 14.9. The minimum absolute atomic E-state index is 0.115. The Balaban J connectivity index is 1.44. The maximum atomic E-state index is 13.4. The Bertz CT molecular complexity index is 1620. The number of hydrogen-bond donors (Lipinski definition) is 11. The van der Waals surface area contributed by atoms with Gasteiger partial charge >= 0.3 is 5.97 Å². The summed E-state index contributed by atoms with van der Waals surface area (Å²) >= 11 is 0. The Hall–Kier alpha value is -3.71. The fourth-order valence-electron chi connectivity index (χ4n) is 6.29. The highest BCUT2D eigenvalue weighted by Crippen LogP contribution is 2.33. The summed E-state index contributed by atoms with van der Waals surface area (Å²) in [7, 11) is 1.33. The molecule has 0 spiro atoms. The van der Waals surface area contributed by atoms with Crippen LogP contribution in [0.2, 0.25) is 0 Å². The quantitative estimate of drug-likeness (QED) is 0.0519. The number of aromatic hydroxyl groups is 3. The minimum Gasteiger partial charge on any atom is -0.504 e. The first-order valence-electron chi connectivity index (χ1n) is 17.6. The molecule has 0 bridgehead atoms. The van der Waals surface area contributed by atoms with E-state index in [2.05, 4.69) is 0 Å². The van der Waals surface area contributed by atoms with Crippen LogP contribution >= 0.6 is 0 Å². The molecule has 3 heterocycles. The predicted molar refractivity (Wildman–Crippen MR) is 185 cm³/mol. The van der Waals surface area contributed by atoms with Crippen molar-refractivity contribution in [2.75, 3.05) is 26.9 Å². The second kappa shape index (κ2) is 19.2. The van der Waals surface area contributed by atoms with E-state index in [1.165, 1.54) is 56.5 Å². The molecule has 3 saturated heterocycles. The molecule has 3 aliphatic rings. The predicted octanol–water partition coefficient (Wildman–Crippen LogP) is -2.89. The first-order valence-corrected chi connectivity index (χ1v) is 17.6. The van der Waals surface area contributed by atoms with Gasteiger partial charge in [0.15, 0.2) is 48.0 Å². The molecule has 3 fully saturated rings. The smallest absolute Gasteiger partial charge is 0.331 e. The largest absolute Gasteiger partial charge is 0.504 e. The van der Waals surface area contributed by atoms with Crippen LogP contribution in [0, 0.1) is 0 Å². The van der Waals surface area contributed by atoms with E-state index in [-0.39, 0.29) is 36.0 Å². The lowest BCUT2D eigenvalue weighted by Crippen LogP contribution is -2.65. The summed E-state index contributed by atoms with van der Waals surface area (Å²) in [4.78, 5) is 13.4. The number of aliphatic hydroxyl groups excluding tert-OH is 8. The third kappa shape index (κ3) is 10.0. The number of phenolic OH excluding ortho intramolecular Hbond substituents is 3. The molecule has 0 radical (unpaired) electrons. The van der Waals surface area contributed by atoms with Gasteiger partial charge in [0, 0.05) is 6.08 Å². The third-order valence-electron chi connectivity index (χ3n) is 9.57. The van der Waals surface area contributed by atoms with Crippen LogP contribution in [0.4, 0.5) is 0 Å². The molecule has 0 unspecified atom stereocenters. The molecular weight excluding hydrogens is 752 g/mol. The van der Waals surface area contributed by atoms with Crippen LogP contribution in [0.5, 0.6) is 23.0 Å². The van der Waals surface area contributed by atoms with E-state index in [0.29, 0.717) is 11.1 Å². The summed E-state index contributed by atoms with van der Waals surface area (Å²) in [5.41, 5.74) is 0.925. The molecule has 20 heteroatoms. The molecular formula is C36H48O20. The first kappa shape index (κ1) is 43.4. The van der Waals surface area contributed by atoms with Gasteiger partial charge in [-0.3, -0.25) is 0 Å². The van der Waals surface area contributed by atoms with Gasteiger partial charge in [-0.1, -0.05) is 12.1 Å². The molecule has 312 valence electrons. The second-order valence-corrected chi connectivity index (χ2v) is 13.5. The van der Waals surface area contributed by atoms with Gasteiger partial charge in [0.1, 0.15) is 61.0 Å². The van der Waals surface area contributed by atoms with Gasteiger partial charge in [0.2, 0.25) is 0 Å². The molecule has 56 heavy (non-hydrogen) atoms. The number of rotatable bonds is 14. The zero-order valence-electron chi connectivity index (χ0n) is 30.2. The van der Waals surface area contributed by atoms with E-state index < -0.39 is 111 Å². The zero-order chi connectivity index (χ0) is 40.8. The Morgan fingerprint density at radius 2 is 1.38 bits per heavy atom. The number of benzene rings is 2. The van der Waals surface area contributed by atoms with Crippen LogP contribution in [0.15, 0.2) is 42.5 Å². The minimum atomic E-state index is -1.87. The number of phenols is 3. The summed E-state index contributed by atoms with van der Waals surface area (Å²) in [6.07, 6.45) is -22.2. The van der Waals surface area contributed by atoms with Crippen LogP contribution < -0.4 is 4.74 Å². The van der Waals surface area contributed by atoms with Crippen LogP contribution in [-0.4, -0.2) is 181 Å². The second-order valence-electron chi connectivity index (χ2n) is 13.5. The van der Waals surface area contributed by atoms with E-state index in [1.54, 1.807) is 0 Å². The van der Waals surface area contributed by atoms with Crippen LogP contribution in [0.1, 0.15) is 18.1 Å². The normalized spacial score (nSPS) is 36.4. The molecule has 20 nitrogen and oxygen atoms in total. The third-order valence-corrected chi connectivity index (χ3v) is 9.57. The van der Waals surface area contributed by atoms with Crippen LogP contribution in [0.25, 0.3) is 6.08 Å². The number of ether oxygens (including phenoxy) is 8. The lowest BCUT2D eigenvalue weighted by Gasteiger charge is -2.47. The zero-order valence-corrected chi connectivity index (χ0v) is 30.2. The highest BCUT2D eigenvalue weighted by atomic mass is 16.8. The number of aliphatic hydroxyl groups is 8. The maximum Gasteiger partial charge on any atom is 0.331 e. The lowest BCUT2D eigenvalue weighted by molar-refractivity contribution is -0.364. The van der Waals surface area contributed by atoms with Crippen molar-refractivity contribution in [3.63, 3.8) is 0 Å². The Morgan fingerprint density at radius 1 is 0.714 bits per heavy atom. The van der Waals surface area contributed by atoms with E-state index >= 15 is 0 Å². The van der Waals surface area contributed by atoms with Crippen molar-refractivity contribution >= 4 is 12.0 Å². The molecule has 15 atom stereocenters.